The fourth-order valence-corrected chi connectivity index (χ4v) is 8.92. The molecule has 2 aliphatic carbocycles. The highest BCUT2D eigenvalue weighted by Crippen LogP contribution is 2.35. The van der Waals surface area contributed by atoms with Gasteiger partial charge in [0.25, 0.3) is 0 Å². The number of piperazine rings is 1. The van der Waals surface area contributed by atoms with Gasteiger partial charge in [0, 0.05) is 38.3 Å². The first-order valence-electron chi connectivity index (χ1n) is 24.7. The zero-order valence-corrected chi connectivity index (χ0v) is 40.6. The normalized spacial score (nSPS) is 18.9. The van der Waals surface area contributed by atoms with Gasteiger partial charge >= 0.3 is 41.9 Å². The Balaban J connectivity index is 1.19. The fraction of sp³-hybridized carbons (Fsp3) is 0.547. The molecule has 2 aromatic rings. The summed E-state index contributed by atoms with van der Waals surface area (Å²) < 4.78 is 37.7. The van der Waals surface area contributed by atoms with Gasteiger partial charge in [0.15, 0.2) is 0 Å². The lowest BCUT2D eigenvalue weighted by Gasteiger charge is -2.34. The van der Waals surface area contributed by atoms with Crippen molar-refractivity contribution < 1.29 is 71.5 Å². The molecule has 1 aliphatic heterocycles. The van der Waals surface area contributed by atoms with Crippen LogP contribution in [0.2, 0.25) is 0 Å². The summed E-state index contributed by atoms with van der Waals surface area (Å²) in [5.74, 6) is -3.87. The molecular formula is C53H68N2O15. The van der Waals surface area contributed by atoms with Crippen LogP contribution in [0.4, 0.5) is 4.79 Å². The molecule has 1 heterocycles. The molecule has 0 radical (unpaired) electrons. The molecule has 70 heavy (non-hydrogen) atoms. The van der Waals surface area contributed by atoms with Gasteiger partial charge in [-0.15, -0.1) is 0 Å². The topological polar surface area (TPSA) is 208 Å². The highest BCUT2D eigenvalue weighted by atomic mass is 16.6. The van der Waals surface area contributed by atoms with E-state index in [4.69, 9.17) is 33.2 Å². The number of amides is 2. The van der Waals surface area contributed by atoms with E-state index in [9.17, 15) is 38.4 Å². The van der Waals surface area contributed by atoms with Crippen LogP contribution in [-0.2, 0) is 49.3 Å². The number of carbonyl (C=O) groups excluding carboxylic acids is 8. The number of ether oxygens (including phenoxy) is 7. The van der Waals surface area contributed by atoms with E-state index in [2.05, 4.69) is 27.0 Å². The van der Waals surface area contributed by atoms with Gasteiger partial charge in [-0.3, -0.25) is 14.4 Å². The van der Waals surface area contributed by atoms with E-state index in [1.807, 2.05) is 0 Å². The lowest BCUT2D eigenvalue weighted by Crippen LogP contribution is -2.51. The molecule has 0 N–H and O–H groups in total. The molecule has 0 bridgehead atoms. The third kappa shape index (κ3) is 16.9. The summed E-state index contributed by atoms with van der Waals surface area (Å²) in [6.45, 7) is 10.5. The molecule has 2 amide bonds. The Morgan fingerprint density at radius 2 is 1.00 bits per heavy atom. The Bertz CT molecular complexity index is 2010. The maximum absolute atomic E-state index is 13.6. The highest BCUT2D eigenvalue weighted by molar-refractivity contribution is 5.95. The Labute approximate surface area is 410 Å². The van der Waals surface area contributed by atoms with E-state index < -0.39 is 41.9 Å². The minimum absolute atomic E-state index is 0.00375. The van der Waals surface area contributed by atoms with E-state index in [0.29, 0.717) is 43.1 Å². The number of benzene rings is 2. The predicted octanol–water partition coefficient (Wildman–Crippen LogP) is 8.15. The quantitative estimate of drug-likeness (QED) is 0.0338. The molecule has 2 saturated carbocycles. The van der Waals surface area contributed by atoms with Crippen molar-refractivity contribution in [1.82, 2.24) is 9.80 Å². The summed E-state index contributed by atoms with van der Waals surface area (Å²) in [4.78, 5) is 106. The van der Waals surface area contributed by atoms with Crippen molar-refractivity contribution in [3.05, 3.63) is 78.4 Å². The minimum Gasteiger partial charge on any atom is -0.459 e. The predicted molar refractivity (Wildman–Crippen MR) is 255 cm³/mol. The first kappa shape index (κ1) is 54.4. The number of nitrogens with zero attached hydrogens (tertiary/aromatic N) is 2. The molecule has 3 aliphatic rings. The zero-order valence-electron chi connectivity index (χ0n) is 40.6. The average molecular weight is 973 g/mol. The number of rotatable bonds is 23. The van der Waals surface area contributed by atoms with E-state index >= 15 is 0 Å². The second-order valence-electron chi connectivity index (χ2n) is 18.0. The van der Waals surface area contributed by atoms with Crippen LogP contribution in [0, 0.1) is 23.7 Å². The maximum Gasteiger partial charge on any atom is 0.415 e. The van der Waals surface area contributed by atoms with Crippen LogP contribution in [0.25, 0.3) is 0 Å². The van der Waals surface area contributed by atoms with Crippen LogP contribution in [0.5, 0.6) is 17.2 Å². The summed E-state index contributed by atoms with van der Waals surface area (Å²) in [6, 6.07) is 8.53. The van der Waals surface area contributed by atoms with Gasteiger partial charge in [-0.25, -0.2) is 24.0 Å². The van der Waals surface area contributed by atoms with E-state index in [1.54, 1.807) is 11.0 Å². The Morgan fingerprint density at radius 3 is 1.47 bits per heavy atom. The van der Waals surface area contributed by atoms with Crippen LogP contribution in [0.1, 0.15) is 130 Å². The lowest BCUT2D eigenvalue weighted by molar-refractivity contribution is -0.141. The van der Waals surface area contributed by atoms with Crippen LogP contribution in [0.3, 0.4) is 0 Å². The van der Waals surface area contributed by atoms with Crippen molar-refractivity contribution in [1.29, 1.82) is 0 Å². The molecule has 0 atom stereocenters. The third-order valence-corrected chi connectivity index (χ3v) is 13.1. The maximum atomic E-state index is 13.6. The zero-order chi connectivity index (χ0) is 50.4. The first-order chi connectivity index (χ1) is 33.8. The molecule has 2 aromatic carbocycles. The minimum atomic E-state index is -0.896. The number of hydrogen-bond donors (Lipinski definition) is 0. The van der Waals surface area contributed by atoms with Crippen LogP contribution in [-0.4, -0.2) is 110 Å². The fourth-order valence-electron chi connectivity index (χ4n) is 8.92. The molecular weight excluding hydrogens is 905 g/mol. The third-order valence-electron chi connectivity index (χ3n) is 13.1. The summed E-state index contributed by atoms with van der Waals surface area (Å²) in [5, 5.41) is 0. The highest BCUT2D eigenvalue weighted by Gasteiger charge is 2.32. The molecule has 0 spiro atoms. The molecule has 0 unspecified atom stereocenters. The second kappa shape index (κ2) is 28.2. The summed E-state index contributed by atoms with van der Waals surface area (Å²) in [5.41, 5.74) is 0.219. The van der Waals surface area contributed by atoms with Gasteiger partial charge in [-0.05, 0) is 99.1 Å². The molecule has 0 aromatic heterocycles. The molecule has 3 fully saturated rings. The number of esters is 6. The van der Waals surface area contributed by atoms with Gasteiger partial charge in [-0.2, -0.15) is 0 Å². The lowest BCUT2D eigenvalue weighted by atomic mass is 9.80. The Kier molecular flexibility index (Phi) is 21.9. The Morgan fingerprint density at radius 1 is 0.557 bits per heavy atom. The van der Waals surface area contributed by atoms with Gasteiger partial charge in [0.2, 0.25) is 5.91 Å². The van der Waals surface area contributed by atoms with Crippen molar-refractivity contribution in [2.24, 2.45) is 23.7 Å². The first-order valence-corrected chi connectivity index (χ1v) is 24.7. The smallest absolute Gasteiger partial charge is 0.415 e. The van der Waals surface area contributed by atoms with Crippen molar-refractivity contribution in [2.75, 3.05) is 52.6 Å². The molecule has 1 saturated heterocycles. The average Bonchev–Trinajstić information content (AvgIpc) is 3.38. The number of carbonyl (C=O) groups is 8. The van der Waals surface area contributed by atoms with Gasteiger partial charge in [0.05, 0.1) is 18.3 Å². The SMILES string of the molecule is C=CC(=O)OCCOC(=O)c1cc(CC(=O)N2CCN(C(=O)Oc3ccc(OC(=O)[C@H]4CC[C@H](CCCC)CC4)c(C(=O)OCCOC(=O)C=C)c3)CC2)ccc1OC(=O)[C@H]1CC[C@H](CCCC)CC1. The summed E-state index contributed by atoms with van der Waals surface area (Å²) >= 11 is 0. The van der Waals surface area contributed by atoms with E-state index in [-0.39, 0.29) is 105 Å². The van der Waals surface area contributed by atoms with Crippen LogP contribution < -0.4 is 14.2 Å². The van der Waals surface area contributed by atoms with Gasteiger partial charge in [0.1, 0.15) is 54.8 Å². The van der Waals surface area contributed by atoms with Crippen molar-refractivity contribution in [2.45, 2.75) is 110 Å². The number of hydrogen-bond acceptors (Lipinski definition) is 15. The molecule has 380 valence electrons. The van der Waals surface area contributed by atoms with Crippen LogP contribution >= 0.6 is 0 Å². The largest absolute Gasteiger partial charge is 0.459 e. The van der Waals surface area contributed by atoms with Crippen LogP contribution in [0.15, 0.2) is 61.7 Å². The van der Waals surface area contributed by atoms with Crippen molar-refractivity contribution >= 4 is 47.8 Å². The summed E-state index contributed by atoms with van der Waals surface area (Å²) in [7, 11) is 0. The van der Waals surface area contributed by atoms with Crippen molar-refractivity contribution in [3.63, 3.8) is 0 Å². The van der Waals surface area contributed by atoms with Gasteiger partial charge in [-0.1, -0.05) is 71.6 Å². The monoisotopic (exact) mass is 972 g/mol. The molecule has 17 heteroatoms. The molecule has 5 rings (SSSR count). The Hall–Kier alpha value is -6.52. The van der Waals surface area contributed by atoms with Crippen molar-refractivity contribution in [3.8, 4) is 17.2 Å². The van der Waals surface area contributed by atoms with E-state index in [1.165, 1.54) is 35.2 Å². The second-order valence-corrected chi connectivity index (χ2v) is 18.0. The summed E-state index contributed by atoms with van der Waals surface area (Å²) in [6.07, 6.45) is 14.4. The molecule has 17 nitrogen and oxygen atoms in total. The van der Waals surface area contributed by atoms with E-state index in [0.717, 1.165) is 76.4 Å². The standard InChI is InChI=1S/C53H68N2O15/c1-5-9-11-36-13-18-39(19-14-36)49(59)69-44-23-17-38(33-42(44)51(61)66-31-29-64-47(57)7-3)34-46(56)54-25-27-55(28-26-54)53(63)68-41-22-24-45(43(35-41)52(62)67-32-30-65-48(58)8-4)70-50(60)40-20-15-37(16-21-40)12-10-6-2/h7-8,17,22-24,33,35-37,39-40H,3-6,9-16,18-21,25-32,34H2,1-2H3/t36-,37-,39-,40-. The van der Waals surface area contributed by atoms with Gasteiger partial charge < -0.3 is 43.0 Å². The number of unbranched alkanes of at least 4 members (excludes halogenated alkanes) is 2.